The second kappa shape index (κ2) is 8.37. The standard InChI is InChI=1S/C17H16F3N3O2.ClH/c18-17(19,20)16-6-5-11(9-22-16)14-3-1-2-4-15(14)24-10-13-7-12(8-21)23-25-13;/h1-6,9,13H,7-8,10,21H2;1H. The number of benzene rings is 1. The zero-order valence-corrected chi connectivity index (χ0v) is 14.4. The Morgan fingerprint density at radius 3 is 2.58 bits per heavy atom. The van der Waals surface area contributed by atoms with Crippen LogP contribution in [0.1, 0.15) is 12.1 Å². The molecule has 2 heterocycles. The third kappa shape index (κ3) is 4.64. The minimum Gasteiger partial charge on any atom is -0.489 e. The molecule has 0 aliphatic carbocycles. The molecule has 1 aliphatic rings. The van der Waals surface area contributed by atoms with Gasteiger partial charge in [0.1, 0.15) is 18.1 Å². The van der Waals surface area contributed by atoms with Crippen molar-refractivity contribution in [1.29, 1.82) is 0 Å². The maximum Gasteiger partial charge on any atom is 0.433 e. The van der Waals surface area contributed by atoms with Crippen molar-refractivity contribution in [2.45, 2.75) is 18.7 Å². The summed E-state index contributed by atoms with van der Waals surface area (Å²) in [6.07, 6.45) is -2.90. The number of halogens is 4. The molecule has 2 N–H and O–H groups in total. The summed E-state index contributed by atoms with van der Waals surface area (Å²) in [5.74, 6) is 0.536. The van der Waals surface area contributed by atoms with E-state index in [0.29, 0.717) is 29.8 Å². The van der Waals surface area contributed by atoms with Crippen molar-refractivity contribution < 1.29 is 22.7 Å². The number of aromatic nitrogens is 1. The van der Waals surface area contributed by atoms with Gasteiger partial charge >= 0.3 is 6.18 Å². The highest BCUT2D eigenvalue weighted by atomic mass is 35.5. The van der Waals surface area contributed by atoms with E-state index in [2.05, 4.69) is 10.1 Å². The second-order valence-electron chi connectivity index (χ2n) is 5.53. The average molecular weight is 388 g/mol. The molecule has 2 aromatic rings. The molecule has 5 nitrogen and oxygen atoms in total. The molecule has 26 heavy (non-hydrogen) atoms. The first-order valence-electron chi connectivity index (χ1n) is 7.64. The van der Waals surface area contributed by atoms with Crippen LogP contribution < -0.4 is 10.5 Å². The normalized spacial score (nSPS) is 16.5. The Morgan fingerprint density at radius 1 is 1.19 bits per heavy atom. The zero-order valence-electron chi connectivity index (χ0n) is 13.6. The number of oxime groups is 1. The highest BCUT2D eigenvalue weighted by Gasteiger charge is 2.32. The second-order valence-corrected chi connectivity index (χ2v) is 5.53. The molecule has 1 aromatic carbocycles. The lowest BCUT2D eigenvalue weighted by Crippen LogP contribution is -2.20. The van der Waals surface area contributed by atoms with Crippen LogP contribution >= 0.6 is 12.4 Å². The highest BCUT2D eigenvalue weighted by Crippen LogP contribution is 2.32. The SMILES string of the molecule is Cl.NCC1=NOC(COc2ccccc2-c2ccc(C(F)(F)F)nc2)C1. The number of alkyl halides is 3. The van der Waals surface area contributed by atoms with E-state index in [9.17, 15) is 13.2 Å². The number of nitrogens with two attached hydrogens (primary N) is 1. The van der Waals surface area contributed by atoms with Crippen molar-refractivity contribution in [1.82, 2.24) is 4.98 Å². The molecule has 1 atom stereocenters. The molecular weight excluding hydrogens is 371 g/mol. The van der Waals surface area contributed by atoms with Gasteiger partial charge in [-0.05, 0) is 12.1 Å². The summed E-state index contributed by atoms with van der Waals surface area (Å²) in [6, 6.07) is 9.39. The van der Waals surface area contributed by atoms with Crippen LogP contribution in [0, 0.1) is 0 Å². The van der Waals surface area contributed by atoms with Gasteiger partial charge in [0.15, 0.2) is 6.10 Å². The first-order chi connectivity index (χ1) is 12.0. The molecule has 0 radical (unpaired) electrons. The van der Waals surface area contributed by atoms with Crippen LogP contribution in [-0.4, -0.2) is 30.0 Å². The first-order valence-corrected chi connectivity index (χ1v) is 7.64. The van der Waals surface area contributed by atoms with Crippen LogP contribution in [-0.2, 0) is 11.0 Å². The van der Waals surface area contributed by atoms with Crippen LogP contribution in [0.3, 0.4) is 0 Å². The Kier molecular flexibility index (Phi) is 6.44. The zero-order chi connectivity index (χ0) is 17.9. The Morgan fingerprint density at radius 2 is 1.96 bits per heavy atom. The van der Waals surface area contributed by atoms with Gasteiger partial charge in [0.25, 0.3) is 0 Å². The molecule has 3 rings (SSSR count). The fourth-order valence-electron chi connectivity index (χ4n) is 2.43. The van der Waals surface area contributed by atoms with Crippen molar-refractivity contribution in [2.24, 2.45) is 10.9 Å². The summed E-state index contributed by atoms with van der Waals surface area (Å²) >= 11 is 0. The topological polar surface area (TPSA) is 69.7 Å². The fourth-order valence-corrected chi connectivity index (χ4v) is 2.43. The largest absolute Gasteiger partial charge is 0.489 e. The number of hydrogen-bond acceptors (Lipinski definition) is 5. The van der Waals surface area contributed by atoms with Crippen molar-refractivity contribution in [3.05, 3.63) is 48.3 Å². The van der Waals surface area contributed by atoms with Gasteiger partial charge < -0.3 is 15.3 Å². The highest BCUT2D eigenvalue weighted by molar-refractivity contribution is 5.87. The molecule has 1 aromatic heterocycles. The van der Waals surface area contributed by atoms with E-state index in [-0.39, 0.29) is 25.1 Å². The molecule has 0 saturated carbocycles. The number of rotatable bonds is 5. The molecule has 1 unspecified atom stereocenters. The van der Waals surface area contributed by atoms with Crippen molar-refractivity contribution in [3.8, 4) is 16.9 Å². The maximum atomic E-state index is 12.6. The lowest BCUT2D eigenvalue weighted by atomic mass is 10.1. The van der Waals surface area contributed by atoms with E-state index in [4.69, 9.17) is 15.3 Å². The summed E-state index contributed by atoms with van der Waals surface area (Å²) in [6.45, 7) is 0.600. The Hall–Kier alpha value is -2.32. The van der Waals surface area contributed by atoms with E-state index in [1.54, 1.807) is 24.3 Å². The molecule has 0 amide bonds. The van der Waals surface area contributed by atoms with E-state index < -0.39 is 11.9 Å². The number of hydrogen-bond donors (Lipinski definition) is 1. The predicted molar refractivity (Wildman–Crippen MR) is 93.4 cm³/mol. The summed E-state index contributed by atoms with van der Waals surface area (Å²) in [4.78, 5) is 8.71. The first kappa shape index (κ1) is 20.0. The average Bonchev–Trinajstić information content (AvgIpc) is 3.08. The summed E-state index contributed by atoms with van der Waals surface area (Å²) in [7, 11) is 0. The van der Waals surface area contributed by atoms with Crippen LogP contribution in [0.2, 0.25) is 0 Å². The molecule has 0 saturated heterocycles. The summed E-state index contributed by atoms with van der Waals surface area (Å²) < 4.78 is 43.7. The Balaban J connectivity index is 0.00000243. The number of nitrogens with zero attached hydrogens (tertiary/aromatic N) is 2. The van der Waals surface area contributed by atoms with E-state index in [1.165, 1.54) is 12.3 Å². The smallest absolute Gasteiger partial charge is 0.433 e. The van der Waals surface area contributed by atoms with Crippen LogP contribution in [0.5, 0.6) is 5.75 Å². The maximum absolute atomic E-state index is 12.6. The van der Waals surface area contributed by atoms with E-state index >= 15 is 0 Å². The van der Waals surface area contributed by atoms with Crippen LogP contribution in [0.15, 0.2) is 47.8 Å². The van der Waals surface area contributed by atoms with Gasteiger partial charge in [-0.25, -0.2) is 0 Å². The lowest BCUT2D eigenvalue weighted by molar-refractivity contribution is -0.141. The van der Waals surface area contributed by atoms with Crippen molar-refractivity contribution in [3.63, 3.8) is 0 Å². The molecule has 0 bridgehead atoms. The number of ether oxygens (including phenoxy) is 1. The van der Waals surface area contributed by atoms with Gasteiger partial charge in [-0.15, -0.1) is 12.4 Å². The van der Waals surface area contributed by atoms with E-state index in [1.807, 2.05) is 0 Å². The minimum absolute atomic E-state index is 0. The quantitative estimate of drug-likeness (QED) is 0.849. The van der Waals surface area contributed by atoms with Gasteiger partial charge in [-0.1, -0.05) is 29.4 Å². The predicted octanol–water partition coefficient (Wildman–Crippen LogP) is 3.67. The van der Waals surface area contributed by atoms with Gasteiger partial charge in [0.05, 0.1) is 5.71 Å². The lowest BCUT2D eigenvalue weighted by Gasteiger charge is -2.14. The van der Waals surface area contributed by atoms with Crippen LogP contribution in [0.25, 0.3) is 11.1 Å². The molecular formula is C17H17ClF3N3O2. The molecule has 9 heteroatoms. The number of pyridine rings is 1. The van der Waals surface area contributed by atoms with Gasteiger partial charge in [-0.2, -0.15) is 13.2 Å². The minimum atomic E-state index is -4.46. The number of para-hydroxylation sites is 1. The van der Waals surface area contributed by atoms with Gasteiger partial charge in [-0.3, -0.25) is 4.98 Å². The van der Waals surface area contributed by atoms with E-state index in [0.717, 1.165) is 11.8 Å². The summed E-state index contributed by atoms with van der Waals surface area (Å²) in [5.41, 5.74) is 6.54. The molecule has 0 spiro atoms. The van der Waals surface area contributed by atoms with Gasteiger partial charge in [0.2, 0.25) is 0 Å². The van der Waals surface area contributed by atoms with Crippen molar-refractivity contribution >= 4 is 18.1 Å². The fraction of sp³-hybridized carbons (Fsp3) is 0.294. The Bertz CT molecular complexity index is 767. The van der Waals surface area contributed by atoms with Crippen molar-refractivity contribution in [2.75, 3.05) is 13.2 Å². The summed E-state index contributed by atoms with van der Waals surface area (Å²) in [5, 5.41) is 3.86. The molecule has 0 fully saturated rings. The Labute approximate surface area is 154 Å². The third-order valence-corrected chi connectivity index (χ3v) is 3.71. The molecule has 1 aliphatic heterocycles. The van der Waals surface area contributed by atoms with Crippen LogP contribution in [0.4, 0.5) is 13.2 Å². The molecule has 140 valence electrons. The monoisotopic (exact) mass is 387 g/mol. The van der Waals surface area contributed by atoms with Gasteiger partial charge in [0, 0.05) is 30.3 Å². The third-order valence-electron chi connectivity index (χ3n) is 3.71.